The van der Waals surface area contributed by atoms with Gasteiger partial charge in [0.15, 0.2) is 0 Å². The van der Waals surface area contributed by atoms with Crippen molar-refractivity contribution in [1.82, 2.24) is 15.7 Å². The number of benzene rings is 1. The molecule has 4 amide bonds. The number of unbranched alkanes of at least 4 members (excludes halogenated alkanes) is 4. The van der Waals surface area contributed by atoms with Crippen LogP contribution >= 0.6 is 0 Å². The van der Waals surface area contributed by atoms with Crippen molar-refractivity contribution >= 4 is 41.0 Å². The van der Waals surface area contributed by atoms with Gasteiger partial charge in [0.1, 0.15) is 0 Å². The predicted octanol–water partition coefficient (Wildman–Crippen LogP) is 1.97. The Labute approximate surface area is 214 Å². The predicted molar refractivity (Wildman–Crippen MR) is 132 cm³/mol. The number of anilines is 1. The Morgan fingerprint density at radius 2 is 1.51 bits per heavy atom. The monoisotopic (exact) mass is 519 g/mol. The van der Waals surface area contributed by atoms with E-state index in [9.17, 15) is 34.1 Å². The Morgan fingerprint density at radius 1 is 0.892 bits per heavy atom. The SMILES string of the molecule is O=C(CCCCCNC(=O)CNc1cccc([N+](=O)[O-])c1)NCCCCCC(=O)ON1C(=O)CCC1=O. The molecule has 0 aromatic heterocycles. The summed E-state index contributed by atoms with van der Waals surface area (Å²) in [6, 6.07) is 5.92. The van der Waals surface area contributed by atoms with Gasteiger partial charge in [-0.1, -0.05) is 18.9 Å². The van der Waals surface area contributed by atoms with Crippen molar-refractivity contribution in [3.05, 3.63) is 34.4 Å². The summed E-state index contributed by atoms with van der Waals surface area (Å²) in [5.74, 6) is -1.91. The highest BCUT2D eigenvalue weighted by atomic mass is 16.7. The second kappa shape index (κ2) is 15.9. The van der Waals surface area contributed by atoms with E-state index in [1.807, 2.05) is 0 Å². The number of amides is 4. The van der Waals surface area contributed by atoms with E-state index in [0.717, 1.165) is 12.8 Å². The second-order valence-corrected chi connectivity index (χ2v) is 8.53. The molecule has 1 aliphatic heterocycles. The number of nitro benzene ring substituents is 1. The van der Waals surface area contributed by atoms with Crippen LogP contribution < -0.4 is 16.0 Å². The van der Waals surface area contributed by atoms with Crippen molar-refractivity contribution in [2.45, 2.75) is 64.2 Å². The summed E-state index contributed by atoms with van der Waals surface area (Å²) in [6.07, 6.45) is 4.68. The van der Waals surface area contributed by atoms with Gasteiger partial charge in [-0.2, -0.15) is 0 Å². The summed E-state index contributed by atoms with van der Waals surface area (Å²) >= 11 is 0. The molecule has 0 spiro atoms. The smallest absolute Gasteiger partial charge is 0.333 e. The third-order valence-corrected chi connectivity index (χ3v) is 5.49. The maximum atomic E-state index is 11.9. The highest BCUT2D eigenvalue weighted by molar-refractivity contribution is 6.01. The topological polar surface area (TPSA) is 177 Å². The molecule has 0 aliphatic carbocycles. The summed E-state index contributed by atoms with van der Waals surface area (Å²) in [4.78, 5) is 73.3. The number of nitrogens with one attached hydrogen (secondary N) is 3. The lowest BCUT2D eigenvalue weighted by Gasteiger charge is -2.12. The van der Waals surface area contributed by atoms with Gasteiger partial charge in [-0.15, -0.1) is 5.06 Å². The van der Waals surface area contributed by atoms with Crippen molar-refractivity contribution in [3.63, 3.8) is 0 Å². The largest absolute Gasteiger partial charge is 0.376 e. The van der Waals surface area contributed by atoms with Gasteiger partial charge in [0, 0.05) is 56.6 Å². The number of non-ortho nitro benzene ring substituents is 1. The van der Waals surface area contributed by atoms with Gasteiger partial charge >= 0.3 is 5.97 Å². The molecule has 13 nitrogen and oxygen atoms in total. The van der Waals surface area contributed by atoms with Crippen molar-refractivity contribution in [1.29, 1.82) is 0 Å². The van der Waals surface area contributed by atoms with Crippen LogP contribution in [-0.4, -0.2) is 59.2 Å². The molecule has 2 rings (SSSR count). The van der Waals surface area contributed by atoms with E-state index in [0.29, 0.717) is 55.9 Å². The van der Waals surface area contributed by atoms with Crippen molar-refractivity contribution in [2.75, 3.05) is 25.0 Å². The zero-order valence-corrected chi connectivity index (χ0v) is 20.7. The average Bonchev–Trinajstić information content (AvgIpc) is 3.19. The summed E-state index contributed by atoms with van der Waals surface area (Å²) in [5.41, 5.74) is 0.439. The number of hydrogen-bond acceptors (Lipinski definition) is 9. The van der Waals surface area contributed by atoms with Crippen LogP contribution in [0.5, 0.6) is 0 Å². The van der Waals surface area contributed by atoms with Crippen molar-refractivity contribution in [3.8, 4) is 0 Å². The second-order valence-electron chi connectivity index (χ2n) is 8.53. The summed E-state index contributed by atoms with van der Waals surface area (Å²) in [6.45, 7) is 0.965. The minimum Gasteiger partial charge on any atom is -0.376 e. The number of carbonyl (C=O) groups excluding carboxylic acids is 5. The van der Waals surface area contributed by atoms with E-state index < -0.39 is 22.7 Å². The summed E-state index contributed by atoms with van der Waals surface area (Å²) in [5, 5.41) is 19.7. The molecule has 0 radical (unpaired) electrons. The zero-order chi connectivity index (χ0) is 27.0. The molecule has 1 aromatic carbocycles. The first-order chi connectivity index (χ1) is 17.8. The molecule has 3 N–H and O–H groups in total. The molecule has 1 heterocycles. The molecule has 0 unspecified atom stereocenters. The van der Waals surface area contributed by atoms with Crippen LogP contribution in [0, 0.1) is 10.1 Å². The van der Waals surface area contributed by atoms with Gasteiger partial charge < -0.3 is 20.8 Å². The molecule has 202 valence electrons. The Balaban J connectivity index is 1.40. The molecule has 13 heteroatoms. The standard InChI is InChI=1S/C24H33N5O8/c30-20(25-14-6-2-4-11-24(34)37-28-22(32)12-13-23(28)33)10-3-1-5-15-26-21(31)17-27-18-8-7-9-19(16-18)29(35)36/h7-9,16,27H,1-6,10-15,17H2,(H,25,30)(H,26,31). The van der Waals surface area contributed by atoms with E-state index in [2.05, 4.69) is 16.0 Å². The van der Waals surface area contributed by atoms with Gasteiger partial charge in [-0.05, 0) is 31.7 Å². The van der Waals surface area contributed by atoms with E-state index in [-0.39, 0.29) is 43.3 Å². The van der Waals surface area contributed by atoms with Gasteiger partial charge in [-0.3, -0.25) is 29.3 Å². The first-order valence-electron chi connectivity index (χ1n) is 12.3. The summed E-state index contributed by atoms with van der Waals surface area (Å²) in [7, 11) is 0. The Bertz CT molecular complexity index is 968. The van der Waals surface area contributed by atoms with Gasteiger partial charge in [0.25, 0.3) is 17.5 Å². The fourth-order valence-corrected chi connectivity index (χ4v) is 3.48. The van der Waals surface area contributed by atoms with Crippen LogP contribution in [0.25, 0.3) is 0 Å². The number of rotatable bonds is 17. The maximum Gasteiger partial charge on any atom is 0.333 e. The number of imide groups is 1. The van der Waals surface area contributed by atoms with Crippen molar-refractivity contribution < 1.29 is 33.7 Å². The van der Waals surface area contributed by atoms with Crippen LogP contribution in [0.1, 0.15) is 64.2 Å². The minimum absolute atomic E-state index is 0.00253. The number of hydrogen-bond donors (Lipinski definition) is 3. The van der Waals surface area contributed by atoms with Gasteiger partial charge in [0.05, 0.1) is 11.5 Å². The van der Waals surface area contributed by atoms with Gasteiger partial charge in [0.2, 0.25) is 11.8 Å². The molecule has 0 saturated carbocycles. The fraction of sp³-hybridized carbons (Fsp3) is 0.542. The molecular formula is C24H33N5O8. The molecule has 1 aliphatic rings. The number of carbonyl (C=O) groups is 5. The molecular weight excluding hydrogens is 486 g/mol. The molecule has 0 bridgehead atoms. The van der Waals surface area contributed by atoms with Crippen LogP contribution in [0.2, 0.25) is 0 Å². The highest BCUT2D eigenvalue weighted by Crippen LogP contribution is 2.16. The molecule has 1 fully saturated rings. The van der Waals surface area contributed by atoms with E-state index in [1.165, 1.54) is 12.1 Å². The fourth-order valence-electron chi connectivity index (χ4n) is 3.48. The molecule has 37 heavy (non-hydrogen) atoms. The van der Waals surface area contributed by atoms with Crippen LogP contribution in [0.15, 0.2) is 24.3 Å². The van der Waals surface area contributed by atoms with Crippen LogP contribution in [0.3, 0.4) is 0 Å². The quantitative estimate of drug-likeness (QED) is 0.120. The van der Waals surface area contributed by atoms with Crippen molar-refractivity contribution in [2.24, 2.45) is 0 Å². The Kier molecular flexibility index (Phi) is 12.5. The lowest BCUT2D eigenvalue weighted by molar-refractivity contribution is -0.384. The third kappa shape index (κ3) is 11.5. The lowest BCUT2D eigenvalue weighted by Crippen LogP contribution is -2.31. The Hall–Kier alpha value is -4.03. The molecule has 1 aromatic rings. The van der Waals surface area contributed by atoms with Gasteiger partial charge in [-0.25, -0.2) is 4.79 Å². The normalized spacial score (nSPS) is 12.8. The molecule has 0 atom stereocenters. The summed E-state index contributed by atoms with van der Waals surface area (Å²) < 4.78 is 0. The lowest BCUT2D eigenvalue weighted by atomic mass is 10.1. The first kappa shape index (κ1) is 29.2. The maximum absolute atomic E-state index is 11.9. The number of nitro groups is 1. The zero-order valence-electron chi connectivity index (χ0n) is 20.7. The third-order valence-electron chi connectivity index (χ3n) is 5.49. The number of nitrogens with zero attached hydrogens (tertiary/aromatic N) is 2. The Morgan fingerprint density at radius 3 is 2.16 bits per heavy atom. The minimum atomic E-state index is -0.623. The van der Waals surface area contributed by atoms with E-state index in [1.54, 1.807) is 12.1 Å². The van der Waals surface area contributed by atoms with E-state index in [4.69, 9.17) is 4.84 Å². The average molecular weight is 520 g/mol. The molecule has 1 saturated heterocycles. The highest BCUT2D eigenvalue weighted by Gasteiger charge is 2.32. The van der Waals surface area contributed by atoms with Crippen LogP contribution in [0.4, 0.5) is 11.4 Å². The first-order valence-corrected chi connectivity index (χ1v) is 12.3. The van der Waals surface area contributed by atoms with Crippen LogP contribution in [-0.2, 0) is 28.8 Å². The number of hydroxylamine groups is 2. The van der Waals surface area contributed by atoms with E-state index >= 15 is 0 Å².